The van der Waals surface area contributed by atoms with E-state index in [9.17, 15) is 18.0 Å². The lowest BCUT2D eigenvalue weighted by Gasteiger charge is -2.35. The highest BCUT2D eigenvalue weighted by atomic mass is 32.2. The fourth-order valence-electron chi connectivity index (χ4n) is 4.82. The summed E-state index contributed by atoms with van der Waals surface area (Å²) in [5, 5.41) is 0. The van der Waals surface area contributed by atoms with Gasteiger partial charge in [-0.05, 0) is 63.2 Å². The first-order valence-electron chi connectivity index (χ1n) is 13.1. The van der Waals surface area contributed by atoms with Crippen LogP contribution in [0.5, 0.6) is 0 Å². The Kier molecular flexibility index (Phi) is 9.05. The van der Waals surface area contributed by atoms with Crippen molar-refractivity contribution in [3.63, 3.8) is 0 Å². The van der Waals surface area contributed by atoms with Crippen LogP contribution in [0.25, 0.3) is 0 Å². The largest absolute Gasteiger partial charge is 0.425 e. The van der Waals surface area contributed by atoms with Gasteiger partial charge in [-0.2, -0.15) is 0 Å². The van der Waals surface area contributed by atoms with E-state index in [4.69, 9.17) is 9.47 Å². The van der Waals surface area contributed by atoms with Crippen LogP contribution in [0, 0.1) is 11.8 Å². The Morgan fingerprint density at radius 3 is 2.34 bits per heavy atom. The molecule has 1 unspecified atom stereocenters. The van der Waals surface area contributed by atoms with Gasteiger partial charge < -0.3 is 19.3 Å². The zero-order valence-electron chi connectivity index (χ0n) is 22.4. The van der Waals surface area contributed by atoms with Gasteiger partial charge in [0.1, 0.15) is 0 Å². The first-order chi connectivity index (χ1) is 18.0. The van der Waals surface area contributed by atoms with Gasteiger partial charge in [0.25, 0.3) is 0 Å². The molecule has 0 aliphatic carbocycles. The van der Waals surface area contributed by atoms with Crippen LogP contribution >= 0.6 is 11.8 Å². The average molecular weight is 561 g/mol. The summed E-state index contributed by atoms with van der Waals surface area (Å²) in [6.45, 7) is 8.11. The number of anilines is 2. The molecule has 38 heavy (non-hydrogen) atoms. The molecule has 0 N–H and O–H groups in total. The molecule has 0 amide bonds. The molecule has 0 bridgehead atoms. The molecule has 206 valence electrons. The smallest absolute Gasteiger partial charge is 0.312 e. The molecule has 1 fully saturated rings. The molecule has 1 saturated heterocycles. The van der Waals surface area contributed by atoms with Crippen molar-refractivity contribution in [3.8, 4) is 0 Å². The maximum absolute atomic E-state index is 12.6. The Bertz CT molecular complexity index is 1270. The van der Waals surface area contributed by atoms with Gasteiger partial charge in [0.15, 0.2) is 9.84 Å². The molecule has 2 heterocycles. The summed E-state index contributed by atoms with van der Waals surface area (Å²) in [4.78, 5) is 31.1. The molecule has 0 spiro atoms. The molecular weight excluding hydrogens is 524 g/mol. The number of fused-ring (bicyclic) bond motifs is 2. The first kappa shape index (κ1) is 28.4. The van der Waals surface area contributed by atoms with E-state index in [1.807, 2.05) is 24.3 Å². The van der Waals surface area contributed by atoms with E-state index in [1.54, 1.807) is 44.7 Å². The molecule has 2 aromatic rings. The summed E-state index contributed by atoms with van der Waals surface area (Å²) in [7, 11) is -3.40. The number of hydrogen-bond acceptors (Lipinski definition) is 9. The van der Waals surface area contributed by atoms with Gasteiger partial charge in [0.2, 0.25) is 6.29 Å². The van der Waals surface area contributed by atoms with Gasteiger partial charge in [-0.25, -0.2) is 8.42 Å². The van der Waals surface area contributed by atoms with Crippen LogP contribution in [-0.4, -0.2) is 64.0 Å². The number of likely N-dealkylation sites (tertiary alicyclic amines) is 1. The van der Waals surface area contributed by atoms with Crippen LogP contribution < -0.4 is 4.90 Å². The molecule has 0 saturated carbocycles. The van der Waals surface area contributed by atoms with Crippen molar-refractivity contribution in [1.29, 1.82) is 0 Å². The zero-order valence-corrected chi connectivity index (χ0v) is 24.0. The van der Waals surface area contributed by atoms with E-state index in [-0.39, 0.29) is 23.8 Å². The molecule has 2 aliphatic heterocycles. The lowest BCUT2D eigenvalue weighted by Crippen LogP contribution is -2.39. The van der Waals surface area contributed by atoms with Crippen molar-refractivity contribution in [2.45, 2.75) is 61.0 Å². The minimum atomic E-state index is -3.40. The second-order valence-electron chi connectivity index (χ2n) is 10.2. The van der Waals surface area contributed by atoms with Gasteiger partial charge in [-0.15, -0.1) is 0 Å². The van der Waals surface area contributed by atoms with E-state index in [0.717, 1.165) is 47.2 Å². The Hall–Kier alpha value is -2.56. The minimum Gasteiger partial charge on any atom is -0.425 e. The molecule has 0 radical (unpaired) electrons. The second kappa shape index (κ2) is 12.1. The highest BCUT2D eigenvalue weighted by Crippen LogP contribution is 2.50. The molecule has 4 rings (SSSR count). The van der Waals surface area contributed by atoms with E-state index in [1.165, 1.54) is 6.26 Å². The zero-order chi connectivity index (χ0) is 27.4. The lowest BCUT2D eigenvalue weighted by atomic mass is 9.97. The first-order valence-corrected chi connectivity index (χ1v) is 15.8. The third-order valence-corrected chi connectivity index (χ3v) is 9.06. The standard InChI is InChI=1S/C28H36N2O6S2/c1-19(2)27(31)35-20(3)36-28(32)21-13-17-29(18-14-21)15-8-16-30-22-9-5-6-10-23(22)37-24-11-7-12-25(26(24)30)38(4,33)34/h5-7,9-12,19-21H,8,13-18H2,1-4H3. The van der Waals surface area contributed by atoms with E-state index in [0.29, 0.717) is 24.3 Å². The molecule has 2 aromatic carbocycles. The number of rotatable bonds is 9. The Labute approximate surface area is 229 Å². The van der Waals surface area contributed by atoms with Crippen molar-refractivity contribution < 1.29 is 27.5 Å². The number of esters is 2. The maximum Gasteiger partial charge on any atom is 0.312 e. The maximum atomic E-state index is 12.6. The van der Waals surface area contributed by atoms with Gasteiger partial charge in [-0.1, -0.05) is 43.8 Å². The topological polar surface area (TPSA) is 93.2 Å². The van der Waals surface area contributed by atoms with Gasteiger partial charge in [0, 0.05) is 29.5 Å². The Balaban J connectivity index is 1.34. The molecule has 10 heteroatoms. The van der Waals surface area contributed by atoms with Crippen molar-refractivity contribution in [2.24, 2.45) is 11.8 Å². The highest BCUT2D eigenvalue weighted by molar-refractivity contribution is 7.99. The van der Waals surface area contributed by atoms with Crippen molar-refractivity contribution in [3.05, 3.63) is 42.5 Å². The van der Waals surface area contributed by atoms with Crippen molar-refractivity contribution in [2.75, 3.05) is 37.3 Å². The SMILES string of the molecule is CC(OC(=O)C(C)C)OC(=O)C1CCN(CCCN2c3ccccc3Sc3cccc(S(C)(=O)=O)c32)CC1. The van der Waals surface area contributed by atoms with E-state index >= 15 is 0 Å². The van der Waals surface area contributed by atoms with Crippen LogP contribution in [0.4, 0.5) is 11.4 Å². The predicted octanol–water partition coefficient (Wildman–Crippen LogP) is 4.88. The van der Waals surface area contributed by atoms with Crippen LogP contribution in [0.3, 0.4) is 0 Å². The van der Waals surface area contributed by atoms with Gasteiger partial charge in [-0.3, -0.25) is 9.59 Å². The number of sulfone groups is 1. The quantitative estimate of drug-likeness (QED) is 0.314. The number of carbonyl (C=O) groups is 2. The predicted molar refractivity (Wildman–Crippen MR) is 147 cm³/mol. The third kappa shape index (κ3) is 6.71. The number of carbonyl (C=O) groups excluding carboxylic acids is 2. The summed E-state index contributed by atoms with van der Waals surface area (Å²) in [6.07, 6.45) is 2.59. The van der Waals surface area contributed by atoms with Crippen LogP contribution in [0.1, 0.15) is 40.0 Å². The number of hydrogen-bond donors (Lipinski definition) is 0. The number of nitrogens with zero attached hydrogens (tertiary/aromatic N) is 2. The summed E-state index contributed by atoms with van der Waals surface area (Å²) in [6, 6.07) is 13.6. The fraction of sp³-hybridized carbons (Fsp3) is 0.500. The molecular formula is C28H36N2O6S2. The summed E-state index contributed by atoms with van der Waals surface area (Å²) >= 11 is 1.60. The highest BCUT2D eigenvalue weighted by Gasteiger charge is 2.30. The number of ether oxygens (including phenoxy) is 2. The minimum absolute atomic E-state index is 0.207. The third-order valence-electron chi connectivity index (χ3n) is 6.82. The van der Waals surface area contributed by atoms with Gasteiger partial charge >= 0.3 is 11.9 Å². The molecule has 2 aliphatic rings. The summed E-state index contributed by atoms with van der Waals surface area (Å²) < 4.78 is 35.7. The van der Waals surface area contributed by atoms with E-state index < -0.39 is 16.1 Å². The van der Waals surface area contributed by atoms with Crippen LogP contribution in [0.15, 0.2) is 57.2 Å². The number of para-hydroxylation sites is 2. The van der Waals surface area contributed by atoms with Crippen molar-refractivity contribution in [1.82, 2.24) is 4.90 Å². The van der Waals surface area contributed by atoms with Crippen molar-refractivity contribution >= 4 is 44.9 Å². The van der Waals surface area contributed by atoms with Crippen LogP contribution in [0.2, 0.25) is 0 Å². The molecule has 1 atom stereocenters. The Morgan fingerprint density at radius 2 is 1.66 bits per heavy atom. The monoisotopic (exact) mass is 560 g/mol. The van der Waals surface area contributed by atoms with Crippen LogP contribution in [-0.2, 0) is 28.9 Å². The molecule has 8 nitrogen and oxygen atoms in total. The summed E-state index contributed by atoms with van der Waals surface area (Å²) in [5.74, 6) is -1.19. The fourth-order valence-corrected chi connectivity index (χ4v) is 6.91. The lowest BCUT2D eigenvalue weighted by molar-refractivity contribution is -0.190. The summed E-state index contributed by atoms with van der Waals surface area (Å²) in [5.41, 5.74) is 1.78. The number of benzene rings is 2. The Morgan fingerprint density at radius 1 is 0.974 bits per heavy atom. The average Bonchev–Trinajstić information content (AvgIpc) is 2.87. The normalized spacial score (nSPS) is 17.0. The van der Waals surface area contributed by atoms with Gasteiger partial charge in [0.05, 0.1) is 28.1 Å². The molecule has 0 aromatic heterocycles. The van der Waals surface area contributed by atoms with E-state index in [2.05, 4.69) is 15.9 Å². The number of piperidine rings is 1. The second-order valence-corrected chi connectivity index (χ2v) is 13.2.